The van der Waals surface area contributed by atoms with Gasteiger partial charge in [-0.1, -0.05) is 121 Å². The van der Waals surface area contributed by atoms with E-state index in [1.165, 1.54) is 0 Å². The van der Waals surface area contributed by atoms with Gasteiger partial charge < -0.3 is 5.11 Å². The SMILES string of the molecule is O=S(=O)(C[C@@H](O)[C@@H]1CCCN1C(c1ccccc1)(c1ccccc1)c1ccccc1)NCc1ccccc1. The van der Waals surface area contributed by atoms with Crippen molar-refractivity contribution >= 4 is 10.0 Å². The lowest BCUT2D eigenvalue weighted by molar-refractivity contribution is 0.0450. The van der Waals surface area contributed by atoms with Gasteiger partial charge in [-0.2, -0.15) is 0 Å². The molecule has 5 nitrogen and oxygen atoms in total. The molecule has 38 heavy (non-hydrogen) atoms. The average molecular weight is 527 g/mol. The number of rotatable bonds is 10. The van der Waals surface area contributed by atoms with Crippen LogP contribution in [0.1, 0.15) is 35.1 Å². The Labute approximate surface area is 225 Å². The molecule has 1 fully saturated rings. The summed E-state index contributed by atoms with van der Waals surface area (Å²) in [7, 11) is -3.71. The van der Waals surface area contributed by atoms with Crippen LogP contribution in [0, 0.1) is 0 Å². The molecule has 196 valence electrons. The van der Waals surface area contributed by atoms with Gasteiger partial charge in [0.05, 0.1) is 17.4 Å². The highest BCUT2D eigenvalue weighted by molar-refractivity contribution is 7.89. The minimum Gasteiger partial charge on any atom is -0.390 e. The molecule has 0 radical (unpaired) electrons. The van der Waals surface area contributed by atoms with Crippen LogP contribution in [0.3, 0.4) is 0 Å². The first-order valence-electron chi connectivity index (χ1n) is 13.1. The number of hydrogen-bond acceptors (Lipinski definition) is 4. The van der Waals surface area contributed by atoms with E-state index >= 15 is 0 Å². The van der Waals surface area contributed by atoms with E-state index in [9.17, 15) is 13.5 Å². The number of aliphatic hydroxyl groups is 1. The topological polar surface area (TPSA) is 69.6 Å². The molecule has 0 saturated carbocycles. The van der Waals surface area contributed by atoms with Gasteiger partial charge in [0.25, 0.3) is 0 Å². The fourth-order valence-electron chi connectivity index (χ4n) is 5.83. The highest BCUT2D eigenvalue weighted by Crippen LogP contribution is 2.46. The maximum atomic E-state index is 13.0. The molecule has 0 unspecified atom stereocenters. The van der Waals surface area contributed by atoms with Gasteiger partial charge in [0.15, 0.2) is 0 Å². The van der Waals surface area contributed by atoms with Crippen molar-refractivity contribution in [2.24, 2.45) is 0 Å². The van der Waals surface area contributed by atoms with E-state index in [1.54, 1.807) is 0 Å². The maximum Gasteiger partial charge on any atom is 0.214 e. The zero-order chi connectivity index (χ0) is 26.4. The minimum absolute atomic E-state index is 0.201. The van der Waals surface area contributed by atoms with Crippen molar-refractivity contribution in [2.45, 2.75) is 37.1 Å². The number of aliphatic hydroxyl groups excluding tert-OH is 1. The lowest BCUT2D eigenvalue weighted by Crippen LogP contribution is -2.55. The van der Waals surface area contributed by atoms with Crippen LogP contribution < -0.4 is 4.72 Å². The summed E-state index contributed by atoms with van der Waals surface area (Å²) in [5.74, 6) is -0.352. The second kappa shape index (κ2) is 11.6. The molecule has 5 rings (SSSR count). The van der Waals surface area contributed by atoms with Crippen molar-refractivity contribution in [1.82, 2.24) is 9.62 Å². The van der Waals surface area contributed by atoms with Crippen LogP contribution in [0.15, 0.2) is 121 Å². The number of likely N-dealkylation sites (tertiary alicyclic amines) is 1. The molecule has 1 aliphatic heterocycles. The number of benzene rings is 4. The van der Waals surface area contributed by atoms with E-state index in [0.717, 1.165) is 35.2 Å². The van der Waals surface area contributed by atoms with E-state index in [2.05, 4.69) is 46.0 Å². The molecule has 0 spiro atoms. The first-order chi connectivity index (χ1) is 18.5. The van der Waals surface area contributed by atoms with Crippen LogP contribution in [0.25, 0.3) is 0 Å². The Morgan fingerprint density at radius 1 is 0.763 bits per heavy atom. The van der Waals surface area contributed by atoms with Gasteiger partial charge in [-0.3, -0.25) is 4.90 Å². The van der Waals surface area contributed by atoms with Crippen molar-refractivity contribution < 1.29 is 13.5 Å². The summed E-state index contributed by atoms with van der Waals surface area (Å²) in [6.07, 6.45) is 0.526. The van der Waals surface area contributed by atoms with Gasteiger partial charge in [0.1, 0.15) is 0 Å². The van der Waals surface area contributed by atoms with Crippen LogP contribution in [-0.2, 0) is 22.1 Å². The van der Waals surface area contributed by atoms with Gasteiger partial charge in [0.2, 0.25) is 10.0 Å². The summed E-state index contributed by atoms with van der Waals surface area (Å²) >= 11 is 0. The van der Waals surface area contributed by atoms with Gasteiger partial charge >= 0.3 is 0 Å². The van der Waals surface area contributed by atoms with Crippen molar-refractivity contribution in [1.29, 1.82) is 0 Å². The standard InChI is InChI=1S/C32H34N2O3S/c35-31(25-38(36,37)33-24-26-14-5-1-6-15-26)30-22-13-23-34(30)32(27-16-7-2-8-17-27,28-18-9-3-10-19-28)29-20-11-4-12-21-29/h1-12,14-21,30-31,33,35H,13,22-25H2/t30-,31+/m0/s1. The molecule has 4 aromatic rings. The molecule has 1 aliphatic rings. The van der Waals surface area contributed by atoms with Gasteiger partial charge in [-0.15, -0.1) is 0 Å². The van der Waals surface area contributed by atoms with E-state index in [-0.39, 0.29) is 18.3 Å². The Bertz CT molecular complexity index is 1300. The van der Waals surface area contributed by atoms with E-state index in [0.29, 0.717) is 6.42 Å². The first kappa shape index (κ1) is 26.3. The molecular formula is C32H34N2O3S. The zero-order valence-electron chi connectivity index (χ0n) is 21.4. The van der Waals surface area contributed by atoms with Crippen LogP contribution in [-0.4, -0.2) is 42.9 Å². The van der Waals surface area contributed by atoms with Crippen LogP contribution in [0.2, 0.25) is 0 Å². The number of hydrogen-bond donors (Lipinski definition) is 2. The van der Waals surface area contributed by atoms with Crippen molar-refractivity contribution in [3.8, 4) is 0 Å². The molecule has 0 aliphatic carbocycles. The lowest BCUT2D eigenvalue weighted by Gasteiger charge is -2.47. The Morgan fingerprint density at radius 3 is 1.68 bits per heavy atom. The summed E-state index contributed by atoms with van der Waals surface area (Å²) in [5.41, 5.74) is 3.45. The molecular weight excluding hydrogens is 492 g/mol. The first-order valence-corrected chi connectivity index (χ1v) is 14.8. The van der Waals surface area contributed by atoms with Crippen molar-refractivity contribution in [3.05, 3.63) is 144 Å². The van der Waals surface area contributed by atoms with E-state index in [1.807, 2.05) is 84.9 Å². The summed E-state index contributed by atoms with van der Waals surface area (Å²) < 4.78 is 28.8. The fourth-order valence-corrected chi connectivity index (χ4v) is 7.00. The maximum absolute atomic E-state index is 13.0. The molecule has 1 saturated heterocycles. The Kier molecular flexibility index (Phi) is 8.05. The number of nitrogens with one attached hydrogen (secondary N) is 1. The van der Waals surface area contributed by atoms with E-state index < -0.39 is 21.7 Å². The molecule has 6 heteroatoms. The normalized spacial score (nSPS) is 17.3. The third-order valence-corrected chi connectivity index (χ3v) is 8.84. The summed E-state index contributed by atoms with van der Waals surface area (Å²) in [6, 6.07) is 40.1. The van der Waals surface area contributed by atoms with Crippen LogP contribution in [0.5, 0.6) is 0 Å². The smallest absolute Gasteiger partial charge is 0.214 e. The molecule has 0 bridgehead atoms. The summed E-state index contributed by atoms with van der Waals surface area (Å²) in [4.78, 5) is 2.32. The number of sulfonamides is 1. The Morgan fingerprint density at radius 2 is 1.21 bits per heavy atom. The molecule has 2 atom stereocenters. The largest absolute Gasteiger partial charge is 0.390 e. The second-order valence-electron chi connectivity index (χ2n) is 9.87. The van der Waals surface area contributed by atoms with Crippen molar-refractivity contribution in [2.75, 3.05) is 12.3 Å². The molecule has 0 aromatic heterocycles. The monoisotopic (exact) mass is 526 g/mol. The molecule has 2 N–H and O–H groups in total. The van der Waals surface area contributed by atoms with Gasteiger partial charge in [-0.05, 0) is 35.1 Å². The second-order valence-corrected chi connectivity index (χ2v) is 11.7. The highest BCUT2D eigenvalue weighted by atomic mass is 32.2. The predicted octanol–water partition coefficient (Wildman–Crippen LogP) is 4.92. The quantitative estimate of drug-likeness (QED) is 0.288. The van der Waals surface area contributed by atoms with Gasteiger partial charge in [-0.25, -0.2) is 13.1 Å². The average Bonchev–Trinajstić information content (AvgIpc) is 3.45. The Hall–Kier alpha value is -3.29. The third-order valence-electron chi connectivity index (χ3n) is 7.48. The third kappa shape index (κ3) is 5.45. The highest BCUT2D eigenvalue weighted by Gasteiger charge is 2.48. The van der Waals surface area contributed by atoms with Crippen molar-refractivity contribution in [3.63, 3.8) is 0 Å². The minimum atomic E-state index is -3.71. The van der Waals surface area contributed by atoms with E-state index in [4.69, 9.17) is 0 Å². The predicted molar refractivity (Wildman–Crippen MR) is 152 cm³/mol. The molecule has 4 aromatic carbocycles. The van der Waals surface area contributed by atoms with Gasteiger partial charge in [0, 0.05) is 19.1 Å². The summed E-state index contributed by atoms with van der Waals surface area (Å²) in [5, 5.41) is 11.5. The Balaban J connectivity index is 1.52. The molecule has 0 amide bonds. The fraction of sp³-hybridized carbons (Fsp3) is 0.250. The molecule has 1 heterocycles. The lowest BCUT2D eigenvalue weighted by atomic mass is 9.75. The number of nitrogens with zero attached hydrogens (tertiary/aromatic N) is 1. The summed E-state index contributed by atoms with van der Waals surface area (Å²) in [6.45, 7) is 0.935. The van der Waals surface area contributed by atoms with Crippen LogP contribution >= 0.6 is 0 Å². The zero-order valence-corrected chi connectivity index (χ0v) is 22.2. The van der Waals surface area contributed by atoms with Crippen LogP contribution in [0.4, 0.5) is 0 Å².